The number of ketones is 1. The molecule has 1 atom stereocenters. The summed E-state index contributed by atoms with van der Waals surface area (Å²) in [5.74, 6) is 1.36. The highest BCUT2D eigenvalue weighted by atomic mass is 16.5. The van der Waals surface area contributed by atoms with Crippen LogP contribution in [0.1, 0.15) is 47.7 Å². The topological polar surface area (TPSA) is 41.6 Å². The van der Waals surface area contributed by atoms with Crippen LogP contribution in [0.15, 0.2) is 12.1 Å². The Bertz CT molecular complexity index is 565. The van der Waals surface area contributed by atoms with E-state index in [0.717, 1.165) is 56.9 Å². The zero-order valence-corrected chi connectivity index (χ0v) is 14.4. The van der Waals surface area contributed by atoms with Gasteiger partial charge in [-0.3, -0.25) is 9.69 Å². The second-order valence-corrected chi connectivity index (χ2v) is 6.68. The average Bonchev–Trinajstić information content (AvgIpc) is 3.11. The number of rotatable bonds is 6. The van der Waals surface area contributed by atoms with Gasteiger partial charge in [0.2, 0.25) is 0 Å². The van der Waals surface area contributed by atoms with Crippen LogP contribution in [0.3, 0.4) is 0 Å². The minimum atomic E-state index is 0.0920. The highest BCUT2D eigenvalue weighted by molar-refractivity contribution is 6.00. The van der Waals surface area contributed by atoms with E-state index in [2.05, 4.69) is 17.1 Å². The summed E-state index contributed by atoms with van der Waals surface area (Å²) in [5.41, 5.74) is 3.46. The number of ether oxygens (including phenoxy) is 1. The van der Waals surface area contributed by atoms with Gasteiger partial charge in [0.25, 0.3) is 0 Å². The lowest BCUT2D eigenvalue weighted by atomic mass is 9.83. The molecule has 4 heteroatoms. The van der Waals surface area contributed by atoms with E-state index in [9.17, 15) is 4.79 Å². The van der Waals surface area contributed by atoms with Crippen molar-refractivity contribution in [1.29, 1.82) is 0 Å². The van der Waals surface area contributed by atoms with Crippen LogP contribution in [-0.2, 0) is 12.8 Å². The van der Waals surface area contributed by atoms with Crippen LogP contribution in [0.2, 0.25) is 0 Å². The van der Waals surface area contributed by atoms with Gasteiger partial charge in [-0.1, -0.05) is 6.92 Å². The monoisotopic (exact) mass is 316 g/mol. The summed E-state index contributed by atoms with van der Waals surface area (Å²) in [6.45, 7) is 5.97. The van der Waals surface area contributed by atoms with Gasteiger partial charge >= 0.3 is 0 Å². The van der Waals surface area contributed by atoms with Crippen LogP contribution < -0.4 is 10.1 Å². The van der Waals surface area contributed by atoms with Gasteiger partial charge in [-0.15, -0.1) is 0 Å². The first-order valence-corrected chi connectivity index (χ1v) is 8.90. The second kappa shape index (κ2) is 7.45. The van der Waals surface area contributed by atoms with Crippen molar-refractivity contribution in [2.24, 2.45) is 5.92 Å². The van der Waals surface area contributed by atoms with E-state index >= 15 is 0 Å². The van der Waals surface area contributed by atoms with Crippen molar-refractivity contribution in [3.05, 3.63) is 28.8 Å². The first-order valence-electron chi connectivity index (χ1n) is 8.90. The van der Waals surface area contributed by atoms with Crippen molar-refractivity contribution in [2.45, 2.75) is 39.0 Å². The molecule has 1 aromatic carbocycles. The molecule has 1 fully saturated rings. The lowest BCUT2D eigenvalue weighted by Gasteiger charge is -2.25. The first kappa shape index (κ1) is 16.5. The molecule has 0 amide bonds. The molecular formula is C19H28N2O2. The molecule has 1 heterocycles. The molecule has 0 saturated carbocycles. The van der Waals surface area contributed by atoms with Crippen molar-refractivity contribution >= 4 is 5.78 Å². The summed E-state index contributed by atoms with van der Waals surface area (Å²) in [7, 11) is 1.72. The van der Waals surface area contributed by atoms with Crippen LogP contribution in [0.25, 0.3) is 0 Å². The summed E-state index contributed by atoms with van der Waals surface area (Å²) in [4.78, 5) is 15.5. The summed E-state index contributed by atoms with van der Waals surface area (Å²) < 4.78 is 5.51. The minimum absolute atomic E-state index is 0.0920. The number of methoxy groups -OCH3 is 1. The zero-order chi connectivity index (χ0) is 16.2. The van der Waals surface area contributed by atoms with Gasteiger partial charge in [0.1, 0.15) is 5.75 Å². The van der Waals surface area contributed by atoms with E-state index in [1.165, 1.54) is 24.0 Å². The number of benzene rings is 1. The van der Waals surface area contributed by atoms with Gasteiger partial charge in [0, 0.05) is 37.8 Å². The number of nitrogens with zero attached hydrogens (tertiary/aromatic N) is 1. The molecule has 0 aromatic heterocycles. The Labute approximate surface area is 139 Å². The third-order valence-corrected chi connectivity index (χ3v) is 5.26. The molecule has 1 N–H and O–H groups in total. The van der Waals surface area contributed by atoms with Crippen molar-refractivity contribution in [2.75, 3.05) is 33.4 Å². The Morgan fingerprint density at radius 3 is 2.74 bits per heavy atom. The molecule has 1 unspecified atom stereocenters. The Morgan fingerprint density at radius 1 is 1.30 bits per heavy atom. The first-order chi connectivity index (χ1) is 11.2. The van der Waals surface area contributed by atoms with Gasteiger partial charge < -0.3 is 10.1 Å². The molecule has 0 radical (unpaired) electrons. The molecule has 126 valence electrons. The molecule has 1 aliphatic carbocycles. The van der Waals surface area contributed by atoms with Crippen molar-refractivity contribution < 1.29 is 9.53 Å². The molecule has 0 spiro atoms. The Morgan fingerprint density at radius 2 is 2.09 bits per heavy atom. The van der Waals surface area contributed by atoms with E-state index < -0.39 is 0 Å². The van der Waals surface area contributed by atoms with Gasteiger partial charge in [0.15, 0.2) is 5.78 Å². The van der Waals surface area contributed by atoms with Crippen molar-refractivity contribution in [3.8, 4) is 5.75 Å². The summed E-state index contributed by atoms with van der Waals surface area (Å²) in [6, 6.07) is 3.98. The smallest absolute Gasteiger partial charge is 0.167 e. The quantitative estimate of drug-likeness (QED) is 0.819. The Hall–Kier alpha value is -1.39. The fraction of sp³-hybridized carbons (Fsp3) is 0.632. The summed E-state index contributed by atoms with van der Waals surface area (Å²) in [5, 5.41) is 3.34. The lowest BCUT2D eigenvalue weighted by Crippen LogP contribution is -2.32. The maximum absolute atomic E-state index is 13.1. The van der Waals surface area contributed by atoms with Crippen LogP contribution >= 0.6 is 0 Å². The average molecular weight is 316 g/mol. The standard InChI is InChI=1S/C19H28N2O2/c1-3-14(12-21-11-10-20-13-21)19(22)17-8-9-18(23-2)16-7-5-4-6-15(16)17/h8-9,14,20H,3-7,10-13H2,1-2H3. The molecular weight excluding hydrogens is 288 g/mol. The number of Topliss-reactive ketones (excluding diaryl/α,β-unsaturated/α-hetero) is 1. The number of carbonyl (C=O) groups excluding carboxylic acids is 1. The highest BCUT2D eigenvalue weighted by Crippen LogP contribution is 2.33. The molecule has 2 aliphatic rings. The van der Waals surface area contributed by atoms with Crippen LogP contribution in [0.4, 0.5) is 0 Å². The Kier molecular flexibility index (Phi) is 5.34. The predicted molar refractivity (Wildman–Crippen MR) is 92.2 cm³/mol. The number of carbonyl (C=O) groups is 1. The summed E-state index contributed by atoms with van der Waals surface area (Å²) >= 11 is 0. The molecule has 1 aromatic rings. The molecule has 23 heavy (non-hydrogen) atoms. The fourth-order valence-corrected chi connectivity index (χ4v) is 3.89. The van der Waals surface area contributed by atoms with E-state index in [1.54, 1.807) is 7.11 Å². The third-order valence-electron chi connectivity index (χ3n) is 5.26. The molecule has 1 saturated heterocycles. The third kappa shape index (κ3) is 3.43. The normalized spacial score (nSPS) is 19.4. The zero-order valence-electron chi connectivity index (χ0n) is 14.4. The maximum Gasteiger partial charge on any atom is 0.167 e. The summed E-state index contributed by atoms with van der Waals surface area (Å²) in [6.07, 6.45) is 5.31. The van der Waals surface area contributed by atoms with Crippen LogP contribution in [0, 0.1) is 5.92 Å². The minimum Gasteiger partial charge on any atom is -0.496 e. The van der Waals surface area contributed by atoms with Gasteiger partial charge in [0.05, 0.1) is 7.11 Å². The van der Waals surface area contributed by atoms with E-state index in [4.69, 9.17) is 4.74 Å². The van der Waals surface area contributed by atoms with E-state index in [1.807, 2.05) is 12.1 Å². The van der Waals surface area contributed by atoms with Crippen LogP contribution in [0.5, 0.6) is 5.75 Å². The number of fused-ring (bicyclic) bond motifs is 1. The SMILES string of the molecule is CCC(CN1CCNC1)C(=O)c1ccc(OC)c2c1CCCC2. The van der Waals surface area contributed by atoms with Gasteiger partial charge in [-0.05, 0) is 55.4 Å². The van der Waals surface area contributed by atoms with Gasteiger partial charge in [-0.2, -0.15) is 0 Å². The lowest BCUT2D eigenvalue weighted by molar-refractivity contribution is 0.0884. The van der Waals surface area contributed by atoms with Crippen molar-refractivity contribution in [1.82, 2.24) is 10.2 Å². The molecule has 4 nitrogen and oxygen atoms in total. The number of nitrogens with one attached hydrogen (secondary N) is 1. The van der Waals surface area contributed by atoms with Gasteiger partial charge in [-0.25, -0.2) is 0 Å². The highest BCUT2D eigenvalue weighted by Gasteiger charge is 2.27. The molecule has 1 aliphatic heterocycles. The van der Waals surface area contributed by atoms with E-state index in [0.29, 0.717) is 5.78 Å². The van der Waals surface area contributed by atoms with Crippen LogP contribution in [-0.4, -0.2) is 44.1 Å². The molecule has 3 rings (SSSR count). The van der Waals surface area contributed by atoms with Crippen molar-refractivity contribution in [3.63, 3.8) is 0 Å². The number of hydrogen-bond donors (Lipinski definition) is 1. The second-order valence-electron chi connectivity index (χ2n) is 6.68. The predicted octanol–water partition coefficient (Wildman–Crippen LogP) is 2.65. The molecule has 0 bridgehead atoms. The Balaban J connectivity index is 1.85. The maximum atomic E-state index is 13.1. The fourth-order valence-electron chi connectivity index (χ4n) is 3.89. The van der Waals surface area contributed by atoms with E-state index in [-0.39, 0.29) is 5.92 Å². The largest absolute Gasteiger partial charge is 0.496 e. The number of hydrogen-bond acceptors (Lipinski definition) is 4.